The maximum absolute atomic E-state index is 13.6. The molecule has 0 unspecified atom stereocenters. The molecule has 0 bridgehead atoms. The van der Waals surface area contributed by atoms with Crippen LogP contribution in [-0.2, 0) is 12.8 Å². The quantitative estimate of drug-likeness (QED) is 0.673. The molecular weight excluding hydrogens is 203 g/mol. The van der Waals surface area contributed by atoms with Crippen molar-refractivity contribution in [3.05, 3.63) is 40.8 Å². The van der Waals surface area contributed by atoms with Gasteiger partial charge in [0.05, 0.1) is 5.56 Å². The predicted molar refractivity (Wildman–Crippen MR) is 58.4 cm³/mol. The monoisotopic (exact) mass is 212 g/mol. The van der Waals surface area contributed by atoms with Gasteiger partial charge in [0.25, 0.3) is 0 Å². The summed E-state index contributed by atoms with van der Waals surface area (Å²) in [5.74, 6) is -0.344. The molecule has 0 N–H and O–H groups in total. The molecule has 2 nitrogen and oxygen atoms in total. The standard InChI is InChI=1S/C13H9FN2/c14-11-5-1-4-9-10(7-15)8-3-2-6-12(8)16-13(9)11/h1,4-5H,2-3,6H2. The minimum Gasteiger partial charge on any atom is -0.249 e. The summed E-state index contributed by atoms with van der Waals surface area (Å²) in [6, 6.07) is 6.97. The van der Waals surface area contributed by atoms with E-state index < -0.39 is 0 Å². The minimum atomic E-state index is -0.344. The van der Waals surface area contributed by atoms with E-state index in [4.69, 9.17) is 0 Å². The molecule has 78 valence electrons. The number of aryl methyl sites for hydroxylation is 1. The van der Waals surface area contributed by atoms with Gasteiger partial charge in [-0.25, -0.2) is 9.37 Å². The molecule has 0 spiro atoms. The van der Waals surface area contributed by atoms with Crippen LogP contribution in [0.25, 0.3) is 10.9 Å². The molecule has 0 amide bonds. The number of hydrogen-bond acceptors (Lipinski definition) is 2. The van der Waals surface area contributed by atoms with Gasteiger partial charge in [-0.2, -0.15) is 5.26 Å². The Kier molecular flexibility index (Phi) is 1.90. The van der Waals surface area contributed by atoms with Gasteiger partial charge in [0.2, 0.25) is 0 Å². The molecule has 3 rings (SSSR count). The van der Waals surface area contributed by atoms with E-state index in [-0.39, 0.29) is 5.82 Å². The zero-order valence-electron chi connectivity index (χ0n) is 8.63. The van der Waals surface area contributed by atoms with E-state index in [2.05, 4.69) is 11.1 Å². The molecular formula is C13H9FN2. The Morgan fingerprint density at radius 2 is 2.19 bits per heavy atom. The van der Waals surface area contributed by atoms with Crippen molar-refractivity contribution in [3.63, 3.8) is 0 Å². The van der Waals surface area contributed by atoms with E-state index in [1.165, 1.54) is 6.07 Å². The summed E-state index contributed by atoms with van der Waals surface area (Å²) in [4.78, 5) is 4.34. The molecule has 1 heterocycles. The Morgan fingerprint density at radius 3 is 3.00 bits per heavy atom. The Labute approximate surface area is 92.3 Å². The molecule has 16 heavy (non-hydrogen) atoms. The van der Waals surface area contributed by atoms with E-state index in [9.17, 15) is 9.65 Å². The van der Waals surface area contributed by atoms with Gasteiger partial charge in [0, 0.05) is 11.1 Å². The van der Waals surface area contributed by atoms with Crippen LogP contribution < -0.4 is 0 Å². The number of nitrogens with zero attached hydrogens (tertiary/aromatic N) is 2. The fraction of sp³-hybridized carbons (Fsp3) is 0.231. The smallest absolute Gasteiger partial charge is 0.149 e. The van der Waals surface area contributed by atoms with Crippen molar-refractivity contribution in [2.75, 3.05) is 0 Å². The lowest BCUT2D eigenvalue weighted by Gasteiger charge is -2.06. The van der Waals surface area contributed by atoms with Crippen LogP contribution in [0, 0.1) is 17.1 Å². The third-order valence-electron chi connectivity index (χ3n) is 3.11. The second-order valence-electron chi connectivity index (χ2n) is 4.01. The molecule has 1 aliphatic rings. The number of rotatable bonds is 0. The normalized spacial score (nSPS) is 13.8. The van der Waals surface area contributed by atoms with Crippen LogP contribution in [0.2, 0.25) is 0 Å². The first-order valence-electron chi connectivity index (χ1n) is 5.31. The first-order valence-corrected chi connectivity index (χ1v) is 5.31. The second-order valence-corrected chi connectivity index (χ2v) is 4.01. The van der Waals surface area contributed by atoms with Crippen molar-refractivity contribution < 1.29 is 4.39 Å². The average Bonchev–Trinajstić information content (AvgIpc) is 2.75. The molecule has 0 saturated carbocycles. The number of hydrogen-bond donors (Lipinski definition) is 0. The van der Waals surface area contributed by atoms with Crippen LogP contribution in [0.15, 0.2) is 18.2 Å². The van der Waals surface area contributed by atoms with E-state index in [0.717, 1.165) is 30.5 Å². The Bertz CT molecular complexity index is 626. The van der Waals surface area contributed by atoms with Gasteiger partial charge in [-0.1, -0.05) is 12.1 Å². The number of para-hydroxylation sites is 1. The van der Waals surface area contributed by atoms with Gasteiger partial charge in [-0.05, 0) is 30.9 Å². The highest BCUT2D eigenvalue weighted by atomic mass is 19.1. The van der Waals surface area contributed by atoms with Gasteiger partial charge in [0.1, 0.15) is 17.4 Å². The molecule has 3 heteroatoms. The third kappa shape index (κ3) is 1.13. The highest BCUT2D eigenvalue weighted by Crippen LogP contribution is 2.30. The van der Waals surface area contributed by atoms with E-state index in [1.54, 1.807) is 12.1 Å². The van der Waals surface area contributed by atoms with Crippen LogP contribution in [0.4, 0.5) is 4.39 Å². The Balaban J connectivity index is 2.50. The first-order chi connectivity index (χ1) is 7.81. The highest BCUT2D eigenvalue weighted by molar-refractivity contribution is 5.87. The van der Waals surface area contributed by atoms with Crippen LogP contribution in [-0.4, -0.2) is 4.98 Å². The van der Waals surface area contributed by atoms with Crippen LogP contribution in [0.1, 0.15) is 23.2 Å². The fourth-order valence-electron chi connectivity index (χ4n) is 2.38. The van der Waals surface area contributed by atoms with Crippen molar-refractivity contribution in [2.24, 2.45) is 0 Å². The highest BCUT2D eigenvalue weighted by Gasteiger charge is 2.20. The van der Waals surface area contributed by atoms with Gasteiger partial charge < -0.3 is 0 Å². The minimum absolute atomic E-state index is 0.333. The summed E-state index contributed by atoms with van der Waals surface area (Å²) in [6.45, 7) is 0. The second kappa shape index (κ2) is 3.28. The predicted octanol–water partition coefficient (Wildman–Crippen LogP) is 2.73. The number of fused-ring (bicyclic) bond motifs is 2. The molecule has 1 aromatic carbocycles. The van der Waals surface area contributed by atoms with Gasteiger partial charge in [-0.3, -0.25) is 0 Å². The van der Waals surface area contributed by atoms with Crippen molar-refractivity contribution in [2.45, 2.75) is 19.3 Å². The number of benzene rings is 1. The summed E-state index contributed by atoms with van der Waals surface area (Å²) in [7, 11) is 0. The first kappa shape index (κ1) is 9.29. The van der Waals surface area contributed by atoms with Gasteiger partial charge in [0.15, 0.2) is 0 Å². The summed E-state index contributed by atoms with van der Waals surface area (Å²) >= 11 is 0. The molecule has 1 aromatic heterocycles. The summed E-state index contributed by atoms with van der Waals surface area (Å²) in [6.07, 6.45) is 2.75. The number of nitriles is 1. The molecule has 0 aliphatic heterocycles. The largest absolute Gasteiger partial charge is 0.249 e. The van der Waals surface area contributed by atoms with Crippen molar-refractivity contribution in [3.8, 4) is 6.07 Å². The summed E-state index contributed by atoms with van der Waals surface area (Å²) in [5.41, 5.74) is 2.85. The SMILES string of the molecule is N#Cc1c2c(nc3c(F)cccc13)CCC2. The summed E-state index contributed by atoms with van der Waals surface area (Å²) in [5, 5.41) is 9.83. The number of aromatic nitrogens is 1. The zero-order valence-corrected chi connectivity index (χ0v) is 8.63. The topological polar surface area (TPSA) is 36.7 Å². The van der Waals surface area contributed by atoms with E-state index in [0.29, 0.717) is 16.5 Å². The zero-order chi connectivity index (χ0) is 11.1. The Morgan fingerprint density at radius 1 is 1.31 bits per heavy atom. The number of pyridine rings is 1. The molecule has 0 atom stereocenters. The van der Waals surface area contributed by atoms with E-state index in [1.807, 2.05) is 0 Å². The lowest BCUT2D eigenvalue weighted by Crippen LogP contribution is -1.97. The maximum Gasteiger partial charge on any atom is 0.149 e. The molecule has 0 radical (unpaired) electrons. The third-order valence-corrected chi connectivity index (χ3v) is 3.11. The molecule has 2 aromatic rings. The molecule has 0 saturated heterocycles. The average molecular weight is 212 g/mol. The molecule has 1 aliphatic carbocycles. The summed E-state index contributed by atoms with van der Waals surface area (Å²) < 4.78 is 13.6. The van der Waals surface area contributed by atoms with Crippen LogP contribution >= 0.6 is 0 Å². The lowest BCUT2D eigenvalue weighted by molar-refractivity contribution is 0.636. The number of halogens is 1. The van der Waals surface area contributed by atoms with Crippen LogP contribution in [0.3, 0.4) is 0 Å². The fourth-order valence-corrected chi connectivity index (χ4v) is 2.38. The van der Waals surface area contributed by atoms with Crippen molar-refractivity contribution >= 4 is 10.9 Å². The van der Waals surface area contributed by atoms with Crippen molar-refractivity contribution in [1.29, 1.82) is 5.26 Å². The van der Waals surface area contributed by atoms with Crippen LogP contribution in [0.5, 0.6) is 0 Å². The van der Waals surface area contributed by atoms with Gasteiger partial charge >= 0.3 is 0 Å². The van der Waals surface area contributed by atoms with Crippen molar-refractivity contribution in [1.82, 2.24) is 4.98 Å². The lowest BCUT2D eigenvalue weighted by atomic mass is 10.0. The molecule has 0 fully saturated rings. The maximum atomic E-state index is 13.6. The Hall–Kier alpha value is -1.95. The van der Waals surface area contributed by atoms with E-state index >= 15 is 0 Å². The van der Waals surface area contributed by atoms with Gasteiger partial charge in [-0.15, -0.1) is 0 Å².